The SMILES string of the molecule is C=C1/C=C(c2ccc3c(c2)[nH]c2ccccc23)\C=C/CN(N/C(=C2/SC(c3ccccc3)=CC2=N)c2ccccc2)c2cc3ccccc3cc21. The third-order valence-electron chi connectivity index (χ3n) is 9.58. The summed E-state index contributed by atoms with van der Waals surface area (Å²) in [6.07, 6.45) is 8.58. The number of allylic oxidation sites excluding steroid dienone is 6. The topological polar surface area (TPSA) is 54.9 Å². The minimum atomic E-state index is 0.490. The monoisotopic (exact) mass is 674 g/mol. The number of fused-ring (bicyclic) bond motifs is 5. The lowest BCUT2D eigenvalue weighted by Gasteiger charge is -2.30. The van der Waals surface area contributed by atoms with Gasteiger partial charge in [0, 0.05) is 37.8 Å². The van der Waals surface area contributed by atoms with Crippen LogP contribution in [0.25, 0.3) is 54.3 Å². The van der Waals surface area contributed by atoms with Gasteiger partial charge in [0.1, 0.15) is 0 Å². The van der Waals surface area contributed by atoms with E-state index >= 15 is 0 Å². The molecule has 0 saturated heterocycles. The molecule has 0 saturated carbocycles. The number of nitrogens with one attached hydrogen (secondary N) is 3. The number of benzene rings is 6. The van der Waals surface area contributed by atoms with E-state index in [1.165, 1.54) is 10.8 Å². The first-order valence-corrected chi connectivity index (χ1v) is 17.9. The maximum Gasteiger partial charge on any atom is 0.0775 e. The van der Waals surface area contributed by atoms with Crippen molar-refractivity contribution in [2.45, 2.75) is 0 Å². The molecule has 0 fully saturated rings. The Hall–Kier alpha value is -6.30. The van der Waals surface area contributed by atoms with Crippen molar-refractivity contribution in [3.63, 3.8) is 0 Å². The van der Waals surface area contributed by atoms with Crippen molar-refractivity contribution in [3.05, 3.63) is 198 Å². The zero-order valence-electron chi connectivity index (χ0n) is 27.9. The van der Waals surface area contributed by atoms with Crippen LogP contribution in [0.2, 0.25) is 0 Å². The van der Waals surface area contributed by atoms with Gasteiger partial charge in [-0.15, -0.1) is 0 Å². The molecule has 6 aromatic carbocycles. The number of hydrazine groups is 1. The van der Waals surface area contributed by atoms with Crippen LogP contribution in [0.15, 0.2) is 175 Å². The van der Waals surface area contributed by atoms with Gasteiger partial charge >= 0.3 is 0 Å². The molecule has 5 heteroatoms. The summed E-state index contributed by atoms with van der Waals surface area (Å²) in [6, 6.07) is 48.8. The number of hydrogen-bond acceptors (Lipinski definition) is 4. The molecule has 1 aromatic heterocycles. The van der Waals surface area contributed by atoms with E-state index in [2.05, 4.69) is 143 Å². The van der Waals surface area contributed by atoms with Crippen LogP contribution in [0.3, 0.4) is 0 Å². The number of nitrogens with zero attached hydrogens (tertiary/aromatic N) is 1. The molecule has 9 rings (SSSR count). The molecule has 244 valence electrons. The smallest absolute Gasteiger partial charge is 0.0775 e. The summed E-state index contributed by atoms with van der Waals surface area (Å²) in [5.74, 6) is 0. The van der Waals surface area contributed by atoms with E-state index in [0.29, 0.717) is 12.3 Å². The minimum Gasteiger partial charge on any atom is -0.354 e. The Labute approximate surface area is 301 Å². The Kier molecular flexibility index (Phi) is 7.75. The highest BCUT2D eigenvalue weighted by atomic mass is 32.2. The van der Waals surface area contributed by atoms with Crippen molar-refractivity contribution in [1.82, 2.24) is 10.4 Å². The number of hydrogen-bond donors (Lipinski definition) is 3. The fourth-order valence-electron chi connectivity index (χ4n) is 7.03. The van der Waals surface area contributed by atoms with Crippen LogP contribution in [0.1, 0.15) is 22.3 Å². The molecule has 0 atom stereocenters. The summed E-state index contributed by atoms with van der Waals surface area (Å²) in [4.78, 5) is 5.56. The first-order valence-electron chi connectivity index (χ1n) is 17.1. The molecule has 51 heavy (non-hydrogen) atoms. The van der Waals surface area contributed by atoms with E-state index in [4.69, 9.17) is 5.41 Å². The second kappa shape index (κ2) is 12.9. The van der Waals surface area contributed by atoms with Crippen molar-refractivity contribution in [2.24, 2.45) is 0 Å². The molecule has 0 radical (unpaired) electrons. The molecule has 0 aliphatic carbocycles. The zero-order valence-corrected chi connectivity index (χ0v) is 28.7. The molecule has 4 nitrogen and oxygen atoms in total. The molecule has 0 bridgehead atoms. The Morgan fingerprint density at radius 3 is 2.24 bits per heavy atom. The molecule has 3 heterocycles. The summed E-state index contributed by atoms with van der Waals surface area (Å²) in [5.41, 5.74) is 14.8. The molecule has 7 aromatic rings. The molecule has 2 aliphatic heterocycles. The van der Waals surface area contributed by atoms with Crippen molar-refractivity contribution in [2.75, 3.05) is 11.6 Å². The molecule has 3 N–H and O–H groups in total. The third kappa shape index (κ3) is 5.78. The van der Waals surface area contributed by atoms with Crippen molar-refractivity contribution in [3.8, 4) is 0 Å². The number of rotatable bonds is 5. The van der Waals surface area contributed by atoms with Gasteiger partial charge in [-0.25, -0.2) is 0 Å². The van der Waals surface area contributed by atoms with Gasteiger partial charge in [0.05, 0.1) is 28.5 Å². The first kappa shape index (κ1) is 30.7. The number of H-pyrrole nitrogens is 1. The lowest BCUT2D eigenvalue weighted by atomic mass is 9.96. The maximum absolute atomic E-state index is 9.14. The fraction of sp³-hybridized carbons (Fsp3) is 0.0217. The van der Waals surface area contributed by atoms with Gasteiger partial charge in [0.15, 0.2) is 0 Å². The molecule has 0 amide bonds. The average molecular weight is 675 g/mol. The molecular formula is C46H34N4S. The Balaban J connectivity index is 1.16. The van der Waals surface area contributed by atoms with E-state index in [0.717, 1.165) is 76.4 Å². The highest BCUT2D eigenvalue weighted by molar-refractivity contribution is 8.13. The number of anilines is 1. The van der Waals surface area contributed by atoms with Crippen LogP contribution >= 0.6 is 11.8 Å². The maximum atomic E-state index is 9.14. The highest BCUT2D eigenvalue weighted by Gasteiger charge is 2.25. The van der Waals surface area contributed by atoms with Gasteiger partial charge in [-0.05, 0) is 69.5 Å². The molecule has 0 spiro atoms. The quantitative estimate of drug-likeness (QED) is 0.170. The third-order valence-corrected chi connectivity index (χ3v) is 10.8. The summed E-state index contributed by atoms with van der Waals surface area (Å²) in [6.45, 7) is 5.23. The van der Waals surface area contributed by atoms with Crippen LogP contribution < -0.4 is 10.4 Å². The largest absolute Gasteiger partial charge is 0.354 e. The van der Waals surface area contributed by atoms with E-state index < -0.39 is 0 Å². The predicted octanol–water partition coefficient (Wildman–Crippen LogP) is 11.6. The van der Waals surface area contributed by atoms with Crippen LogP contribution in [0.4, 0.5) is 5.69 Å². The summed E-state index contributed by atoms with van der Waals surface area (Å²) >= 11 is 1.64. The average Bonchev–Trinajstić information content (AvgIpc) is 3.76. The Bertz CT molecular complexity index is 2640. The van der Waals surface area contributed by atoms with Gasteiger partial charge < -0.3 is 4.98 Å². The standard InChI is InChI=1S/C46H34N4S/c1-30-25-33(36-22-23-38-37-20-10-11-21-41(37)48-42(38)27-36)19-12-24-50(43-28-35-18-9-8-17-34(35)26-39(30)43)49-45(32-15-6-3-7-16-32)46-40(47)29-44(51-46)31-13-4-2-5-14-31/h2-23,25-29,47-49H,1,24H2/b19-12-,33-25+,46-45+,47-40?. The van der Waals surface area contributed by atoms with E-state index in [-0.39, 0.29) is 0 Å². The number of para-hydroxylation sites is 1. The molecule has 0 unspecified atom stereocenters. The van der Waals surface area contributed by atoms with Crippen molar-refractivity contribution in [1.29, 1.82) is 5.41 Å². The van der Waals surface area contributed by atoms with Crippen molar-refractivity contribution < 1.29 is 0 Å². The molecular weight excluding hydrogens is 641 g/mol. The first-order chi connectivity index (χ1) is 25.1. The van der Waals surface area contributed by atoms with Gasteiger partial charge in [-0.1, -0.05) is 146 Å². The summed E-state index contributed by atoms with van der Waals surface area (Å²) in [7, 11) is 0. The second-order valence-corrected chi connectivity index (χ2v) is 13.9. The normalized spacial score (nSPS) is 17.4. The van der Waals surface area contributed by atoms with Crippen LogP contribution in [-0.2, 0) is 0 Å². The Morgan fingerprint density at radius 2 is 1.41 bits per heavy atom. The second-order valence-electron chi connectivity index (χ2n) is 12.9. The lowest BCUT2D eigenvalue weighted by Crippen LogP contribution is -2.38. The van der Waals surface area contributed by atoms with Gasteiger partial charge in [0.25, 0.3) is 0 Å². The number of aromatic amines is 1. The summed E-state index contributed by atoms with van der Waals surface area (Å²) in [5, 5.41) is 16.1. The fourth-order valence-corrected chi connectivity index (χ4v) is 8.12. The summed E-state index contributed by atoms with van der Waals surface area (Å²) < 4.78 is 0. The van der Waals surface area contributed by atoms with E-state index in [1.807, 2.05) is 42.5 Å². The van der Waals surface area contributed by atoms with Crippen LogP contribution in [0, 0.1) is 5.41 Å². The minimum absolute atomic E-state index is 0.490. The van der Waals surface area contributed by atoms with Gasteiger partial charge in [-0.2, -0.15) is 0 Å². The molecule has 2 aliphatic rings. The zero-order chi connectivity index (χ0) is 34.3. The number of aromatic nitrogens is 1. The predicted molar refractivity (Wildman–Crippen MR) is 219 cm³/mol. The van der Waals surface area contributed by atoms with Gasteiger partial charge in [0.2, 0.25) is 0 Å². The highest BCUT2D eigenvalue weighted by Crippen LogP contribution is 2.44. The lowest BCUT2D eigenvalue weighted by molar-refractivity contribution is 0.807. The van der Waals surface area contributed by atoms with E-state index in [9.17, 15) is 0 Å². The van der Waals surface area contributed by atoms with Gasteiger partial charge in [-0.3, -0.25) is 15.8 Å². The Morgan fingerprint density at radius 1 is 0.706 bits per heavy atom. The van der Waals surface area contributed by atoms with Crippen LogP contribution in [0.5, 0.6) is 0 Å². The van der Waals surface area contributed by atoms with Crippen LogP contribution in [-0.4, -0.2) is 17.2 Å². The number of thioether (sulfide) groups is 1. The van der Waals surface area contributed by atoms with E-state index in [1.54, 1.807) is 11.8 Å². The van der Waals surface area contributed by atoms with Crippen molar-refractivity contribution >= 4 is 77.5 Å².